The summed E-state index contributed by atoms with van der Waals surface area (Å²) in [5.41, 5.74) is 0.477. The number of thioether (sulfide) groups is 1. The van der Waals surface area contributed by atoms with E-state index in [4.69, 9.17) is 47.8 Å². The Morgan fingerprint density at radius 2 is 1.12 bits per heavy atom. The minimum absolute atomic E-state index is 0.00163. The number of fused-ring (bicyclic) bond motifs is 1. The van der Waals surface area contributed by atoms with Crippen molar-refractivity contribution < 1.29 is 52.3 Å². The molecule has 9 rings (SSSR count). The molecule has 80 heavy (non-hydrogen) atoms. The van der Waals surface area contributed by atoms with Gasteiger partial charge in [0.1, 0.15) is 58.0 Å². The quantitative estimate of drug-likeness (QED) is 0.0252. The van der Waals surface area contributed by atoms with Gasteiger partial charge in [0.25, 0.3) is 0 Å². The van der Waals surface area contributed by atoms with Gasteiger partial charge < -0.3 is 53.6 Å². The molecule has 8 aromatic rings. The lowest BCUT2D eigenvalue weighted by atomic mass is 9.77. The van der Waals surface area contributed by atoms with Gasteiger partial charge in [0.15, 0.2) is 16.6 Å². The third kappa shape index (κ3) is 11.5. The zero-order valence-electron chi connectivity index (χ0n) is 45.9. The summed E-state index contributed by atoms with van der Waals surface area (Å²) in [5.74, 6) is 3.25. The molecule has 5 atom stereocenters. The Kier molecular flexibility index (Phi) is 17.7. The highest BCUT2D eigenvalue weighted by atomic mass is 32.2. The Morgan fingerprint density at radius 1 is 0.688 bits per heavy atom. The first kappa shape index (κ1) is 57.4. The number of aliphatic hydroxyl groups is 2. The number of carbonyl (C=O) groups is 1. The van der Waals surface area contributed by atoms with Gasteiger partial charge in [-0.2, -0.15) is 4.98 Å². The largest absolute Gasteiger partial charge is 0.497 e. The topological polar surface area (TPSA) is 206 Å². The number of aliphatic hydroxyl groups excluding tert-OH is 1. The number of imidazole rings is 1. The molecule has 1 fully saturated rings. The number of hydrogen-bond donors (Lipinski definition) is 4. The van der Waals surface area contributed by atoms with Crippen LogP contribution in [0.2, 0.25) is 0 Å². The Labute approximate surface area is 470 Å². The van der Waals surface area contributed by atoms with Crippen LogP contribution < -0.4 is 29.6 Å². The number of anilines is 2. The van der Waals surface area contributed by atoms with Crippen molar-refractivity contribution in [1.29, 1.82) is 0 Å². The predicted octanol–water partition coefficient (Wildman–Crippen LogP) is 10.6. The summed E-state index contributed by atoms with van der Waals surface area (Å²) in [6.07, 6.45) is -1.79. The van der Waals surface area contributed by atoms with E-state index in [2.05, 4.69) is 10.6 Å². The maximum atomic E-state index is 13.1. The minimum Gasteiger partial charge on any atom is -0.497 e. The second-order valence-electron chi connectivity index (χ2n) is 20.1. The number of benzene rings is 6. The van der Waals surface area contributed by atoms with Crippen LogP contribution >= 0.6 is 20.0 Å². The summed E-state index contributed by atoms with van der Waals surface area (Å²) in [6, 6.07) is 51.0. The fourth-order valence-electron chi connectivity index (χ4n) is 9.94. The van der Waals surface area contributed by atoms with E-state index in [1.54, 1.807) is 33.0 Å². The molecule has 0 spiro atoms. The second kappa shape index (κ2) is 24.6. The fraction of sp³-hybridized carbons (Fsp3) is 0.311. The van der Waals surface area contributed by atoms with Crippen LogP contribution in [0.1, 0.15) is 79.3 Å². The van der Waals surface area contributed by atoms with E-state index in [1.807, 2.05) is 178 Å². The third-order valence-electron chi connectivity index (χ3n) is 14.9. The monoisotopic (exact) mass is 1120 g/mol. The maximum Gasteiger partial charge on any atom is 0.319 e. The lowest BCUT2D eigenvalue weighted by Crippen LogP contribution is -2.43. The molecule has 1 unspecified atom stereocenters. The van der Waals surface area contributed by atoms with Gasteiger partial charge in [-0.05, 0) is 95.3 Å². The highest BCUT2D eigenvalue weighted by Crippen LogP contribution is 2.47. The van der Waals surface area contributed by atoms with E-state index in [9.17, 15) is 19.6 Å². The SMILES string of the molecule is CCC(C)(C)C(=O)SCCO[PH](=O)OC[C@H]1O[C@@H](c2cnc3c(NC(c4ccccc4)(c4ccc(OC)cc4)c4ccc(OC)cc4)nc(NC(c4ccccc4)(c4ccc(OC)cc4)c4ccc(OC)cc4)nn23)[C@](C)(O)[C@@H]1O. The molecular formula is C61H67N6O11PS. The number of aromatic nitrogens is 4. The number of rotatable bonds is 24. The molecule has 17 nitrogen and oxygen atoms in total. The molecule has 1 saturated heterocycles. The zero-order valence-corrected chi connectivity index (χ0v) is 47.7. The molecule has 19 heteroatoms. The highest BCUT2D eigenvalue weighted by Gasteiger charge is 2.54. The van der Waals surface area contributed by atoms with E-state index in [0.29, 0.717) is 29.4 Å². The number of methoxy groups -OCH3 is 4. The summed E-state index contributed by atoms with van der Waals surface area (Å²) < 4.78 is 54.9. The number of carbonyl (C=O) groups excluding carboxylic acids is 1. The van der Waals surface area contributed by atoms with Crippen molar-refractivity contribution >= 4 is 42.5 Å². The Bertz CT molecular complexity index is 3280. The third-order valence-corrected chi connectivity index (χ3v) is 16.9. The highest BCUT2D eigenvalue weighted by molar-refractivity contribution is 8.13. The van der Waals surface area contributed by atoms with Crippen LogP contribution in [-0.2, 0) is 34.2 Å². The van der Waals surface area contributed by atoms with Crippen LogP contribution in [0, 0.1) is 5.41 Å². The van der Waals surface area contributed by atoms with Gasteiger partial charge in [-0.3, -0.25) is 9.36 Å². The van der Waals surface area contributed by atoms with E-state index < -0.39 is 55.3 Å². The Balaban J connectivity index is 1.21. The van der Waals surface area contributed by atoms with Crippen molar-refractivity contribution in [1.82, 2.24) is 19.6 Å². The second-order valence-corrected chi connectivity index (χ2v) is 22.3. The molecule has 0 radical (unpaired) electrons. The molecule has 418 valence electrons. The summed E-state index contributed by atoms with van der Waals surface area (Å²) >= 11 is 1.11. The summed E-state index contributed by atoms with van der Waals surface area (Å²) in [5, 5.41) is 37.2. The van der Waals surface area contributed by atoms with Crippen molar-refractivity contribution in [2.75, 3.05) is 58.0 Å². The van der Waals surface area contributed by atoms with Crippen LogP contribution in [0.5, 0.6) is 23.0 Å². The van der Waals surface area contributed by atoms with Crippen LogP contribution in [0.3, 0.4) is 0 Å². The number of nitrogens with zero attached hydrogens (tertiary/aromatic N) is 4. The van der Waals surface area contributed by atoms with Gasteiger partial charge in [-0.25, -0.2) is 9.50 Å². The molecule has 3 heterocycles. The molecule has 0 aliphatic carbocycles. The van der Waals surface area contributed by atoms with Gasteiger partial charge >= 0.3 is 8.25 Å². The van der Waals surface area contributed by atoms with Gasteiger partial charge in [-0.15, -0.1) is 5.10 Å². The van der Waals surface area contributed by atoms with Crippen LogP contribution in [0.4, 0.5) is 11.8 Å². The fourth-order valence-corrected chi connectivity index (χ4v) is 11.6. The first-order valence-electron chi connectivity index (χ1n) is 26.2. The lowest BCUT2D eigenvalue weighted by molar-refractivity contribution is -0.118. The van der Waals surface area contributed by atoms with E-state index in [0.717, 1.165) is 45.1 Å². The summed E-state index contributed by atoms with van der Waals surface area (Å²) in [4.78, 5) is 23.0. The first-order chi connectivity index (χ1) is 38.6. The van der Waals surface area contributed by atoms with Gasteiger partial charge in [0.2, 0.25) is 5.95 Å². The summed E-state index contributed by atoms with van der Waals surface area (Å²) in [6.45, 7) is 6.77. The smallest absolute Gasteiger partial charge is 0.319 e. The minimum atomic E-state index is -3.11. The van der Waals surface area contributed by atoms with Crippen molar-refractivity contribution in [3.05, 3.63) is 203 Å². The van der Waals surface area contributed by atoms with E-state index >= 15 is 0 Å². The molecule has 0 amide bonds. The number of nitrogens with one attached hydrogen (secondary N) is 2. The number of ether oxygens (including phenoxy) is 5. The Morgan fingerprint density at radius 3 is 1.56 bits per heavy atom. The molecule has 2 aromatic heterocycles. The molecule has 1 aliphatic heterocycles. The van der Waals surface area contributed by atoms with Gasteiger partial charge in [0.05, 0.1) is 53.5 Å². The normalized spacial score (nSPS) is 17.9. The van der Waals surface area contributed by atoms with Crippen LogP contribution in [0.25, 0.3) is 5.65 Å². The van der Waals surface area contributed by atoms with Crippen LogP contribution in [-0.4, -0.2) is 100 Å². The summed E-state index contributed by atoms with van der Waals surface area (Å²) in [7, 11) is 3.37. The zero-order chi connectivity index (χ0) is 56.7. The molecule has 6 aromatic carbocycles. The van der Waals surface area contributed by atoms with E-state index in [-0.39, 0.29) is 40.6 Å². The lowest BCUT2D eigenvalue weighted by Gasteiger charge is -2.38. The Hall–Kier alpha value is -7.28. The first-order valence-corrected chi connectivity index (χ1v) is 28.4. The van der Waals surface area contributed by atoms with Gasteiger partial charge in [0, 0.05) is 11.2 Å². The molecule has 1 aliphatic rings. The molecule has 0 bridgehead atoms. The van der Waals surface area contributed by atoms with Crippen LogP contribution in [0.15, 0.2) is 164 Å². The molecule has 4 N–H and O–H groups in total. The average Bonchev–Trinajstić information content (AvgIpc) is 4.21. The van der Waals surface area contributed by atoms with Crippen molar-refractivity contribution in [2.45, 2.75) is 69.1 Å². The molecule has 0 saturated carbocycles. The van der Waals surface area contributed by atoms with Crippen molar-refractivity contribution in [3.8, 4) is 23.0 Å². The van der Waals surface area contributed by atoms with E-state index in [1.165, 1.54) is 13.1 Å². The predicted molar refractivity (Wildman–Crippen MR) is 309 cm³/mol. The van der Waals surface area contributed by atoms with Crippen molar-refractivity contribution in [3.63, 3.8) is 0 Å². The van der Waals surface area contributed by atoms with Gasteiger partial charge in [-0.1, -0.05) is 142 Å². The number of hydrogen-bond acceptors (Lipinski definition) is 17. The molecular weight excluding hydrogens is 1060 g/mol. The van der Waals surface area contributed by atoms with Crippen molar-refractivity contribution in [2.24, 2.45) is 5.41 Å². The maximum absolute atomic E-state index is 13.1. The average molecular weight is 1120 g/mol. The standard InChI is InChI=1S/C61H67N6O11PS/c1-9-58(2,3)56(69)80-37-36-76-79(71)77-39-51-52(68)59(4,70)53(78-51)50-38-62-55-54(64-60(40-16-12-10-13-17-40,42-20-28-46(72-5)29-21-42)43-22-30-47(73-6)31-23-43)63-57(66-67(50)55)65-61(41-18-14-11-15-19-41,44-24-32-48(74-7)33-25-44)45-26-34-49(75-8)35-27-45/h10-35,38,51-53,68,70,79H,9,36-37,39H2,1-8H3,(H2,63,64,65,66)/t51-,52-,53+,59-/m1/s1.